The van der Waals surface area contributed by atoms with E-state index in [1.807, 2.05) is 24.8 Å². The molecule has 0 N–H and O–H groups in total. The van der Waals surface area contributed by atoms with Crippen molar-refractivity contribution in [2.45, 2.75) is 39.3 Å². The van der Waals surface area contributed by atoms with E-state index in [0.717, 1.165) is 68.5 Å². The SMILES string of the molecule is Cc1noc(C)c1C1CCCN1C(=O)c1coc(CN2CCOCC2)c1. The van der Waals surface area contributed by atoms with Gasteiger partial charge in [-0.15, -0.1) is 0 Å². The maximum absolute atomic E-state index is 13.1. The molecule has 2 fully saturated rings. The lowest BCUT2D eigenvalue weighted by atomic mass is 10.0. The van der Waals surface area contributed by atoms with Crippen LogP contribution in [0.25, 0.3) is 0 Å². The number of hydrogen-bond acceptors (Lipinski definition) is 6. The van der Waals surface area contributed by atoms with Crippen LogP contribution >= 0.6 is 0 Å². The molecule has 0 saturated carbocycles. The molecule has 0 bridgehead atoms. The first-order valence-corrected chi connectivity index (χ1v) is 9.24. The van der Waals surface area contributed by atoms with Crippen molar-refractivity contribution in [2.24, 2.45) is 0 Å². The lowest BCUT2D eigenvalue weighted by molar-refractivity contribution is 0.0313. The summed E-state index contributed by atoms with van der Waals surface area (Å²) in [5, 5.41) is 4.05. The standard InChI is InChI=1S/C19H25N3O4/c1-13-18(14(2)26-20-13)17-4-3-5-22(17)19(23)15-10-16(25-12-15)11-21-6-8-24-9-7-21/h10,12,17H,3-9,11H2,1-2H3. The van der Waals surface area contributed by atoms with Crippen LogP contribution in [-0.4, -0.2) is 53.7 Å². The van der Waals surface area contributed by atoms with Gasteiger partial charge in [-0.25, -0.2) is 0 Å². The van der Waals surface area contributed by atoms with Gasteiger partial charge in [-0.1, -0.05) is 5.16 Å². The molecular weight excluding hydrogens is 334 g/mol. The van der Waals surface area contributed by atoms with Crippen molar-refractivity contribution in [1.82, 2.24) is 15.0 Å². The molecule has 1 amide bonds. The summed E-state index contributed by atoms with van der Waals surface area (Å²) in [5.74, 6) is 1.64. The van der Waals surface area contributed by atoms with Crippen molar-refractivity contribution < 1.29 is 18.5 Å². The van der Waals surface area contributed by atoms with Gasteiger partial charge in [0.2, 0.25) is 0 Å². The van der Waals surface area contributed by atoms with Gasteiger partial charge in [0, 0.05) is 25.2 Å². The third-order valence-electron chi connectivity index (χ3n) is 5.32. The van der Waals surface area contributed by atoms with E-state index in [-0.39, 0.29) is 11.9 Å². The van der Waals surface area contributed by atoms with Gasteiger partial charge in [0.05, 0.1) is 37.1 Å². The largest absolute Gasteiger partial charge is 0.467 e. The van der Waals surface area contributed by atoms with Gasteiger partial charge in [0.15, 0.2) is 0 Å². The molecule has 2 aliphatic heterocycles. The summed E-state index contributed by atoms with van der Waals surface area (Å²) in [6.07, 6.45) is 3.51. The molecule has 4 heterocycles. The van der Waals surface area contributed by atoms with E-state index < -0.39 is 0 Å². The van der Waals surface area contributed by atoms with Crippen LogP contribution in [0.4, 0.5) is 0 Å². The van der Waals surface area contributed by atoms with Crippen LogP contribution in [0.1, 0.15) is 52.0 Å². The predicted molar refractivity (Wildman–Crippen MR) is 93.8 cm³/mol. The van der Waals surface area contributed by atoms with Crippen LogP contribution in [0.2, 0.25) is 0 Å². The second kappa shape index (κ2) is 7.25. The van der Waals surface area contributed by atoms with E-state index in [1.165, 1.54) is 0 Å². The fourth-order valence-electron chi connectivity index (χ4n) is 4.00. The zero-order valence-corrected chi connectivity index (χ0v) is 15.4. The average molecular weight is 359 g/mol. The number of hydrogen-bond donors (Lipinski definition) is 0. The van der Waals surface area contributed by atoms with Crippen LogP contribution in [0.15, 0.2) is 21.3 Å². The minimum atomic E-state index is 0.0180. The molecule has 2 aromatic heterocycles. The fraction of sp³-hybridized carbons (Fsp3) is 0.579. The van der Waals surface area contributed by atoms with Crippen LogP contribution in [0, 0.1) is 13.8 Å². The van der Waals surface area contributed by atoms with Crippen LogP contribution < -0.4 is 0 Å². The third-order valence-corrected chi connectivity index (χ3v) is 5.32. The highest BCUT2D eigenvalue weighted by Gasteiger charge is 2.34. The van der Waals surface area contributed by atoms with Gasteiger partial charge < -0.3 is 18.6 Å². The molecular formula is C19H25N3O4. The molecule has 26 heavy (non-hydrogen) atoms. The number of nitrogens with zero attached hydrogens (tertiary/aromatic N) is 3. The van der Waals surface area contributed by atoms with Crippen LogP contribution in [0.3, 0.4) is 0 Å². The first-order chi connectivity index (χ1) is 12.6. The summed E-state index contributed by atoms with van der Waals surface area (Å²) in [7, 11) is 0. The lowest BCUT2D eigenvalue weighted by Crippen LogP contribution is -2.35. The summed E-state index contributed by atoms with van der Waals surface area (Å²) in [6.45, 7) is 8.59. The molecule has 0 spiro atoms. The number of aryl methyl sites for hydroxylation is 2. The number of rotatable bonds is 4. The van der Waals surface area contributed by atoms with Gasteiger partial charge in [-0.2, -0.15) is 0 Å². The smallest absolute Gasteiger partial charge is 0.257 e. The minimum absolute atomic E-state index is 0.0180. The summed E-state index contributed by atoms with van der Waals surface area (Å²) in [6, 6.07) is 1.91. The summed E-state index contributed by atoms with van der Waals surface area (Å²) in [5.41, 5.74) is 2.53. The normalized spacial score (nSPS) is 21.5. The van der Waals surface area contributed by atoms with Crippen LogP contribution in [0.5, 0.6) is 0 Å². The van der Waals surface area contributed by atoms with Crippen molar-refractivity contribution in [3.05, 3.63) is 40.7 Å². The Kier molecular flexibility index (Phi) is 4.82. The Hall–Kier alpha value is -2.12. The van der Waals surface area contributed by atoms with Gasteiger partial charge in [-0.05, 0) is 32.8 Å². The summed E-state index contributed by atoms with van der Waals surface area (Å²) >= 11 is 0. The van der Waals surface area contributed by atoms with E-state index >= 15 is 0 Å². The molecule has 0 radical (unpaired) electrons. The zero-order chi connectivity index (χ0) is 18.1. The number of ether oxygens (including phenoxy) is 1. The number of furan rings is 1. The number of likely N-dealkylation sites (tertiary alicyclic amines) is 1. The van der Waals surface area contributed by atoms with Crippen molar-refractivity contribution in [1.29, 1.82) is 0 Å². The Morgan fingerprint density at radius 1 is 1.27 bits per heavy atom. The molecule has 7 nitrogen and oxygen atoms in total. The molecule has 4 rings (SSSR count). The molecule has 0 aliphatic carbocycles. The minimum Gasteiger partial charge on any atom is -0.467 e. The monoisotopic (exact) mass is 359 g/mol. The molecule has 0 aromatic carbocycles. The van der Waals surface area contributed by atoms with Gasteiger partial charge >= 0.3 is 0 Å². The highest BCUT2D eigenvalue weighted by atomic mass is 16.5. The second-order valence-electron chi connectivity index (χ2n) is 7.08. The molecule has 2 aromatic rings. The number of amides is 1. The van der Waals surface area contributed by atoms with E-state index in [4.69, 9.17) is 13.7 Å². The zero-order valence-electron chi connectivity index (χ0n) is 15.4. The number of aromatic nitrogens is 1. The number of morpholine rings is 1. The van der Waals surface area contributed by atoms with E-state index in [1.54, 1.807) is 6.26 Å². The quantitative estimate of drug-likeness (QED) is 0.836. The molecule has 1 unspecified atom stereocenters. The maximum atomic E-state index is 13.1. The lowest BCUT2D eigenvalue weighted by Gasteiger charge is -2.25. The number of carbonyl (C=O) groups is 1. The van der Waals surface area contributed by atoms with Crippen molar-refractivity contribution in [2.75, 3.05) is 32.8 Å². The Morgan fingerprint density at radius 2 is 2.08 bits per heavy atom. The number of carbonyl (C=O) groups excluding carboxylic acids is 1. The Morgan fingerprint density at radius 3 is 2.81 bits per heavy atom. The average Bonchev–Trinajstić information content (AvgIpc) is 3.36. The van der Waals surface area contributed by atoms with Crippen molar-refractivity contribution >= 4 is 5.91 Å². The maximum Gasteiger partial charge on any atom is 0.257 e. The van der Waals surface area contributed by atoms with Gasteiger partial charge in [0.25, 0.3) is 5.91 Å². The molecule has 140 valence electrons. The highest BCUT2D eigenvalue weighted by molar-refractivity contribution is 5.94. The summed E-state index contributed by atoms with van der Waals surface area (Å²) < 4.78 is 16.3. The first-order valence-electron chi connectivity index (χ1n) is 9.24. The summed E-state index contributed by atoms with van der Waals surface area (Å²) in [4.78, 5) is 17.3. The highest BCUT2D eigenvalue weighted by Crippen LogP contribution is 2.36. The van der Waals surface area contributed by atoms with Gasteiger partial charge in [-0.3, -0.25) is 9.69 Å². The predicted octanol–water partition coefficient (Wildman–Crippen LogP) is 2.69. The van der Waals surface area contributed by atoms with Gasteiger partial charge in [0.1, 0.15) is 17.8 Å². The molecule has 2 aliphatic rings. The Bertz CT molecular complexity index is 756. The van der Waals surface area contributed by atoms with Crippen molar-refractivity contribution in [3.8, 4) is 0 Å². The molecule has 2 saturated heterocycles. The third kappa shape index (κ3) is 3.29. The van der Waals surface area contributed by atoms with E-state index in [9.17, 15) is 4.79 Å². The van der Waals surface area contributed by atoms with Crippen molar-refractivity contribution in [3.63, 3.8) is 0 Å². The Labute approximate surface area is 152 Å². The molecule has 7 heteroatoms. The fourth-order valence-corrected chi connectivity index (χ4v) is 4.00. The topological polar surface area (TPSA) is 72.0 Å². The van der Waals surface area contributed by atoms with E-state index in [2.05, 4.69) is 10.1 Å². The Balaban J connectivity index is 1.48. The van der Waals surface area contributed by atoms with Crippen LogP contribution in [-0.2, 0) is 11.3 Å². The molecule has 1 atom stereocenters. The second-order valence-corrected chi connectivity index (χ2v) is 7.08. The first kappa shape index (κ1) is 17.3. The van der Waals surface area contributed by atoms with E-state index in [0.29, 0.717) is 12.1 Å².